The Morgan fingerprint density at radius 3 is 1.57 bits per heavy atom. The number of hydrogen-bond acceptors (Lipinski definition) is 2. The molecule has 0 radical (unpaired) electrons. The summed E-state index contributed by atoms with van der Waals surface area (Å²) in [6.07, 6.45) is 12.1. The maximum Gasteiger partial charge on any atom is 0.290 e. The molecule has 30 heavy (non-hydrogen) atoms. The van der Waals surface area contributed by atoms with Crippen LogP contribution in [0.2, 0.25) is 0 Å². The molecule has 3 nitrogen and oxygen atoms in total. The first-order valence-corrected chi connectivity index (χ1v) is 11.5. The van der Waals surface area contributed by atoms with Crippen LogP contribution in [0.25, 0.3) is 11.1 Å². The molecular weight excluding hydrogens is 372 g/mol. The summed E-state index contributed by atoms with van der Waals surface area (Å²) in [7, 11) is 0. The summed E-state index contributed by atoms with van der Waals surface area (Å²) in [6.45, 7) is 8.79. The first kappa shape index (κ1) is 27.7. The largest absolute Gasteiger partial charge is 0.508 e. The first-order chi connectivity index (χ1) is 14.5. The predicted octanol–water partition coefficient (Wildman–Crippen LogP) is 8.42. The van der Waals surface area contributed by atoms with Gasteiger partial charge in [0.05, 0.1) is 0 Å². The second-order valence-corrected chi connectivity index (χ2v) is 7.73. The van der Waals surface area contributed by atoms with Gasteiger partial charge in [-0.2, -0.15) is 0 Å². The van der Waals surface area contributed by atoms with E-state index in [1.165, 1.54) is 68.9 Å². The van der Waals surface area contributed by atoms with Crippen molar-refractivity contribution in [1.82, 2.24) is 0 Å². The van der Waals surface area contributed by atoms with Gasteiger partial charge in [-0.1, -0.05) is 115 Å². The van der Waals surface area contributed by atoms with Gasteiger partial charge in [-0.25, -0.2) is 0 Å². The average molecular weight is 415 g/mol. The van der Waals surface area contributed by atoms with Crippen LogP contribution in [-0.4, -0.2) is 16.7 Å². The summed E-state index contributed by atoms with van der Waals surface area (Å²) < 4.78 is 0. The van der Waals surface area contributed by atoms with Gasteiger partial charge in [0.2, 0.25) is 0 Å². The van der Waals surface area contributed by atoms with Gasteiger partial charge in [-0.15, -0.1) is 0 Å². The van der Waals surface area contributed by atoms with Crippen LogP contribution < -0.4 is 0 Å². The van der Waals surface area contributed by atoms with Crippen molar-refractivity contribution >= 4 is 6.47 Å². The van der Waals surface area contributed by atoms with Crippen LogP contribution in [0, 0.1) is 0 Å². The second-order valence-electron chi connectivity index (χ2n) is 7.73. The van der Waals surface area contributed by atoms with Crippen molar-refractivity contribution < 1.29 is 15.0 Å². The molecule has 0 aliphatic heterocycles. The molecule has 2 aromatic carbocycles. The normalized spacial score (nSPS) is 10.8. The zero-order chi connectivity index (χ0) is 22.6. The van der Waals surface area contributed by atoms with Gasteiger partial charge in [0.15, 0.2) is 0 Å². The molecular formula is C27H42O3. The van der Waals surface area contributed by atoms with Gasteiger partial charge >= 0.3 is 0 Å². The molecule has 0 bridgehead atoms. The maximum atomic E-state index is 9.34. The highest BCUT2D eigenvalue weighted by molar-refractivity contribution is 5.64. The van der Waals surface area contributed by atoms with E-state index in [1.54, 1.807) is 12.1 Å². The molecule has 0 saturated heterocycles. The number of benzene rings is 2. The van der Waals surface area contributed by atoms with Crippen molar-refractivity contribution in [3.63, 3.8) is 0 Å². The van der Waals surface area contributed by atoms with E-state index < -0.39 is 0 Å². The quantitative estimate of drug-likeness (QED) is 0.303. The Hall–Kier alpha value is -2.29. The van der Waals surface area contributed by atoms with E-state index in [1.807, 2.05) is 12.1 Å². The Bertz CT molecular complexity index is 628. The van der Waals surface area contributed by atoms with E-state index in [0.29, 0.717) is 11.7 Å². The van der Waals surface area contributed by atoms with E-state index in [2.05, 4.69) is 52.0 Å². The summed E-state index contributed by atoms with van der Waals surface area (Å²) >= 11 is 0. The lowest BCUT2D eigenvalue weighted by Crippen LogP contribution is -1.93. The van der Waals surface area contributed by atoms with E-state index in [9.17, 15) is 5.11 Å². The topological polar surface area (TPSA) is 57.5 Å². The van der Waals surface area contributed by atoms with E-state index in [-0.39, 0.29) is 6.47 Å². The van der Waals surface area contributed by atoms with Crippen LogP contribution >= 0.6 is 0 Å². The first-order valence-electron chi connectivity index (χ1n) is 11.5. The van der Waals surface area contributed by atoms with Crippen LogP contribution in [0.1, 0.15) is 97.0 Å². The van der Waals surface area contributed by atoms with E-state index in [4.69, 9.17) is 9.90 Å². The third kappa shape index (κ3) is 13.0. The number of phenols is 1. The smallest absolute Gasteiger partial charge is 0.290 e. The molecule has 2 aromatic rings. The highest BCUT2D eigenvalue weighted by Gasteiger charge is 2.06. The highest BCUT2D eigenvalue weighted by Crippen LogP contribution is 2.26. The lowest BCUT2D eigenvalue weighted by Gasteiger charge is -2.12. The van der Waals surface area contributed by atoms with Gasteiger partial charge in [0, 0.05) is 0 Å². The standard InChI is InChI=1S/C20H26O.C6H14.CH2O2/c1-3-4-5-6-7-16(2)17-8-10-18(11-9-17)19-12-14-20(21)15-13-19;1-3-5-6-4-2;2-1-3/h8-16,21H,3-7H2,1-2H3;3-6H2,1-2H3;1H,(H,2,3). The van der Waals surface area contributed by atoms with Crippen LogP contribution in [0.15, 0.2) is 48.5 Å². The van der Waals surface area contributed by atoms with Gasteiger partial charge in [-0.05, 0) is 41.2 Å². The molecule has 2 rings (SSSR count). The summed E-state index contributed by atoms with van der Waals surface area (Å²) in [5.74, 6) is 0.951. The predicted molar refractivity (Wildman–Crippen MR) is 129 cm³/mol. The summed E-state index contributed by atoms with van der Waals surface area (Å²) in [6, 6.07) is 16.2. The molecule has 1 unspecified atom stereocenters. The molecule has 0 heterocycles. The van der Waals surface area contributed by atoms with E-state index >= 15 is 0 Å². The lowest BCUT2D eigenvalue weighted by molar-refractivity contribution is -0.122. The molecule has 0 fully saturated rings. The van der Waals surface area contributed by atoms with Gasteiger partial charge in [0.25, 0.3) is 6.47 Å². The van der Waals surface area contributed by atoms with Crippen LogP contribution in [0.4, 0.5) is 0 Å². The Morgan fingerprint density at radius 1 is 0.733 bits per heavy atom. The van der Waals surface area contributed by atoms with Gasteiger partial charge in [-0.3, -0.25) is 4.79 Å². The zero-order valence-electron chi connectivity index (χ0n) is 19.4. The fraction of sp³-hybridized carbons (Fsp3) is 0.519. The number of hydrogen-bond donors (Lipinski definition) is 2. The molecule has 2 N–H and O–H groups in total. The van der Waals surface area contributed by atoms with Crippen LogP contribution in [0.3, 0.4) is 0 Å². The molecule has 1 atom stereocenters. The Balaban J connectivity index is 0.000000791. The number of carbonyl (C=O) groups is 1. The number of carboxylic acid groups (broad SMARTS) is 1. The van der Waals surface area contributed by atoms with Crippen LogP contribution in [0.5, 0.6) is 5.75 Å². The second kappa shape index (κ2) is 18.7. The number of rotatable bonds is 10. The van der Waals surface area contributed by atoms with Crippen molar-refractivity contribution in [3.05, 3.63) is 54.1 Å². The number of unbranched alkanes of at least 4 members (excludes halogenated alkanes) is 6. The van der Waals surface area contributed by atoms with Crippen molar-refractivity contribution in [2.75, 3.05) is 0 Å². The molecule has 0 aliphatic rings. The third-order valence-electron chi connectivity index (χ3n) is 5.13. The highest BCUT2D eigenvalue weighted by atomic mass is 16.3. The Labute approximate surface area is 184 Å². The summed E-state index contributed by atoms with van der Waals surface area (Å²) in [5.41, 5.74) is 3.78. The lowest BCUT2D eigenvalue weighted by atomic mass is 9.93. The Kier molecular flexibility index (Phi) is 17.3. The monoisotopic (exact) mass is 414 g/mol. The Morgan fingerprint density at radius 2 is 1.13 bits per heavy atom. The fourth-order valence-corrected chi connectivity index (χ4v) is 3.20. The minimum atomic E-state index is -0.250. The van der Waals surface area contributed by atoms with Crippen molar-refractivity contribution in [1.29, 1.82) is 0 Å². The average Bonchev–Trinajstić information content (AvgIpc) is 2.77. The molecule has 168 valence electrons. The minimum Gasteiger partial charge on any atom is -0.508 e. The van der Waals surface area contributed by atoms with Gasteiger partial charge in [0.1, 0.15) is 5.75 Å². The van der Waals surface area contributed by atoms with Crippen molar-refractivity contribution in [3.8, 4) is 16.9 Å². The molecule has 0 aliphatic carbocycles. The zero-order valence-corrected chi connectivity index (χ0v) is 19.4. The van der Waals surface area contributed by atoms with Gasteiger partial charge < -0.3 is 10.2 Å². The van der Waals surface area contributed by atoms with Crippen molar-refractivity contribution in [2.45, 2.75) is 91.4 Å². The SMILES string of the molecule is CCCCCC.CCCCCCC(C)c1ccc(-c2ccc(O)cc2)cc1.O=CO. The molecule has 0 amide bonds. The maximum absolute atomic E-state index is 9.34. The third-order valence-corrected chi connectivity index (χ3v) is 5.13. The number of phenolic OH excluding ortho intramolecular Hbond substituents is 1. The fourth-order valence-electron chi connectivity index (χ4n) is 3.20. The van der Waals surface area contributed by atoms with E-state index in [0.717, 1.165) is 5.56 Å². The summed E-state index contributed by atoms with van der Waals surface area (Å²) in [5, 5.41) is 16.2. The number of aromatic hydroxyl groups is 1. The molecule has 0 saturated carbocycles. The van der Waals surface area contributed by atoms with Crippen molar-refractivity contribution in [2.24, 2.45) is 0 Å². The minimum absolute atomic E-state index is 0.250. The van der Waals surface area contributed by atoms with Crippen LogP contribution in [-0.2, 0) is 4.79 Å². The summed E-state index contributed by atoms with van der Waals surface area (Å²) in [4.78, 5) is 8.36. The molecule has 3 heteroatoms. The molecule has 0 aromatic heterocycles. The molecule has 0 spiro atoms.